The van der Waals surface area contributed by atoms with Crippen molar-refractivity contribution in [1.29, 1.82) is 0 Å². The molecule has 0 radical (unpaired) electrons. The largest absolute Gasteiger partial charge is 0.385 e. The minimum Gasteiger partial charge on any atom is -0.385 e. The van der Waals surface area contributed by atoms with Crippen molar-refractivity contribution in [3.8, 4) is 0 Å². The SMILES string of the molecule is CCCNC(c1cc(Br)ccc1F)C(C)CCOC. The molecule has 2 unspecified atom stereocenters. The lowest BCUT2D eigenvalue weighted by molar-refractivity contribution is 0.169. The van der Waals surface area contributed by atoms with E-state index in [2.05, 4.69) is 35.1 Å². The Bertz CT molecular complexity index is 386. The van der Waals surface area contributed by atoms with Crippen LogP contribution in [0.2, 0.25) is 0 Å². The number of rotatable bonds is 8. The van der Waals surface area contributed by atoms with E-state index >= 15 is 0 Å². The molecule has 0 fully saturated rings. The molecule has 0 aliphatic carbocycles. The van der Waals surface area contributed by atoms with Crippen LogP contribution in [-0.4, -0.2) is 20.3 Å². The van der Waals surface area contributed by atoms with Gasteiger partial charge in [0.2, 0.25) is 0 Å². The molecule has 1 aromatic carbocycles. The average molecular weight is 332 g/mol. The van der Waals surface area contributed by atoms with Crippen LogP contribution in [0, 0.1) is 11.7 Å². The van der Waals surface area contributed by atoms with Gasteiger partial charge in [0.05, 0.1) is 0 Å². The van der Waals surface area contributed by atoms with Crippen LogP contribution in [0.4, 0.5) is 4.39 Å². The van der Waals surface area contributed by atoms with Gasteiger partial charge in [-0.1, -0.05) is 29.8 Å². The first-order valence-corrected chi connectivity index (χ1v) is 7.56. The molecule has 0 saturated carbocycles. The number of benzene rings is 1. The maximum atomic E-state index is 14.0. The molecule has 2 nitrogen and oxygen atoms in total. The third-order valence-electron chi connectivity index (χ3n) is 3.25. The van der Waals surface area contributed by atoms with Crippen LogP contribution in [0.15, 0.2) is 22.7 Å². The highest BCUT2D eigenvalue weighted by Crippen LogP contribution is 2.29. The Kier molecular flexibility index (Phi) is 7.57. The smallest absolute Gasteiger partial charge is 0.128 e. The second-order valence-electron chi connectivity index (χ2n) is 4.86. The molecule has 108 valence electrons. The van der Waals surface area contributed by atoms with Gasteiger partial charge < -0.3 is 10.1 Å². The van der Waals surface area contributed by atoms with E-state index in [0.29, 0.717) is 12.5 Å². The number of ether oxygens (including phenoxy) is 1. The quantitative estimate of drug-likeness (QED) is 0.766. The Hall–Kier alpha value is -0.450. The summed E-state index contributed by atoms with van der Waals surface area (Å²) in [5, 5.41) is 3.45. The summed E-state index contributed by atoms with van der Waals surface area (Å²) in [4.78, 5) is 0. The van der Waals surface area contributed by atoms with Crippen LogP contribution in [-0.2, 0) is 4.74 Å². The molecule has 0 aliphatic heterocycles. The van der Waals surface area contributed by atoms with Gasteiger partial charge in [-0.05, 0) is 43.5 Å². The van der Waals surface area contributed by atoms with E-state index in [4.69, 9.17) is 4.74 Å². The Morgan fingerprint density at radius 3 is 2.79 bits per heavy atom. The van der Waals surface area contributed by atoms with Gasteiger partial charge in [0.1, 0.15) is 5.82 Å². The first-order chi connectivity index (χ1) is 9.10. The number of nitrogens with one attached hydrogen (secondary N) is 1. The lowest BCUT2D eigenvalue weighted by Gasteiger charge is -2.26. The summed E-state index contributed by atoms with van der Waals surface area (Å²) in [7, 11) is 1.70. The van der Waals surface area contributed by atoms with E-state index < -0.39 is 0 Å². The average Bonchev–Trinajstić information content (AvgIpc) is 2.40. The maximum Gasteiger partial charge on any atom is 0.128 e. The molecule has 0 bridgehead atoms. The van der Waals surface area contributed by atoms with Gasteiger partial charge in [0.25, 0.3) is 0 Å². The Balaban J connectivity index is 2.91. The second kappa shape index (κ2) is 8.67. The minimum atomic E-state index is -0.152. The molecule has 1 N–H and O–H groups in total. The Morgan fingerprint density at radius 2 is 2.16 bits per heavy atom. The number of halogens is 2. The van der Waals surface area contributed by atoms with E-state index in [0.717, 1.165) is 29.4 Å². The summed E-state index contributed by atoms with van der Waals surface area (Å²) in [6.07, 6.45) is 1.94. The molecular weight excluding hydrogens is 309 g/mol. The topological polar surface area (TPSA) is 21.3 Å². The molecule has 19 heavy (non-hydrogen) atoms. The summed E-state index contributed by atoms with van der Waals surface area (Å²) in [6, 6.07) is 5.14. The molecule has 2 atom stereocenters. The molecule has 0 saturated heterocycles. The molecular formula is C15H23BrFNO. The van der Waals surface area contributed by atoms with Crippen molar-refractivity contribution in [3.05, 3.63) is 34.1 Å². The number of hydrogen-bond acceptors (Lipinski definition) is 2. The van der Waals surface area contributed by atoms with Crippen LogP contribution in [0.25, 0.3) is 0 Å². The normalized spacial score (nSPS) is 14.4. The predicted octanol–water partition coefficient (Wildman–Crippen LogP) is 4.30. The van der Waals surface area contributed by atoms with E-state index in [1.165, 1.54) is 6.07 Å². The van der Waals surface area contributed by atoms with Gasteiger partial charge in [0, 0.05) is 29.8 Å². The highest BCUT2D eigenvalue weighted by Gasteiger charge is 2.21. The van der Waals surface area contributed by atoms with E-state index in [9.17, 15) is 4.39 Å². The molecule has 1 rings (SSSR count). The summed E-state index contributed by atoms with van der Waals surface area (Å²) < 4.78 is 20.1. The van der Waals surface area contributed by atoms with Crippen LogP contribution in [0.1, 0.15) is 38.3 Å². The molecule has 0 heterocycles. The molecule has 0 amide bonds. The fourth-order valence-corrected chi connectivity index (χ4v) is 2.52. The van der Waals surface area contributed by atoms with Crippen LogP contribution in [0.3, 0.4) is 0 Å². The monoisotopic (exact) mass is 331 g/mol. The zero-order valence-electron chi connectivity index (χ0n) is 11.9. The highest BCUT2D eigenvalue weighted by atomic mass is 79.9. The van der Waals surface area contributed by atoms with E-state index in [1.54, 1.807) is 13.2 Å². The zero-order chi connectivity index (χ0) is 14.3. The standard InChI is InChI=1S/C15H23BrFNO/c1-4-8-18-15(11(2)7-9-19-3)13-10-12(16)5-6-14(13)17/h5-6,10-11,15,18H,4,7-9H2,1-3H3. The molecule has 4 heteroatoms. The maximum absolute atomic E-state index is 14.0. The third kappa shape index (κ3) is 5.21. The van der Waals surface area contributed by atoms with Crippen molar-refractivity contribution < 1.29 is 9.13 Å². The Labute approximate surface area is 123 Å². The van der Waals surface area contributed by atoms with Crippen molar-refractivity contribution >= 4 is 15.9 Å². The predicted molar refractivity (Wildman–Crippen MR) is 80.8 cm³/mol. The first kappa shape index (κ1) is 16.6. The van der Waals surface area contributed by atoms with Crippen molar-refractivity contribution in [2.75, 3.05) is 20.3 Å². The lowest BCUT2D eigenvalue weighted by Crippen LogP contribution is -2.29. The first-order valence-electron chi connectivity index (χ1n) is 6.77. The summed E-state index contributed by atoms with van der Waals surface area (Å²) in [6.45, 7) is 5.82. The molecule has 0 aliphatic rings. The molecule has 0 spiro atoms. The van der Waals surface area contributed by atoms with Gasteiger partial charge in [-0.3, -0.25) is 0 Å². The van der Waals surface area contributed by atoms with Crippen molar-refractivity contribution in [2.45, 2.75) is 32.7 Å². The molecule has 0 aromatic heterocycles. The third-order valence-corrected chi connectivity index (χ3v) is 3.75. The van der Waals surface area contributed by atoms with E-state index in [1.807, 2.05) is 6.07 Å². The lowest BCUT2D eigenvalue weighted by atomic mass is 9.91. The van der Waals surface area contributed by atoms with Crippen molar-refractivity contribution in [3.63, 3.8) is 0 Å². The second-order valence-corrected chi connectivity index (χ2v) is 5.77. The van der Waals surface area contributed by atoms with Crippen LogP contribution >= 0.6 is 15.9 Å². The van der Waals surface area contributed by atoms with Crippen molar-refractivity contribution in [1.82, 2.24) is 5.32 Å². The Morgan fingerprint density at radius 1 is 1.42 bits per heavy atom. The van der Waals surface area contributed by atoms with Crippen molar-refractivity contribution in [2.24, 2.45) is 5.92 Å². The van der Waals surface area contributed by atoms with Gasteiger partial charge in [-0.25, -0.2) is 4.39 Å². The summed E-state index contributed by atoms with van der Waals surface area (Å²) >= 11 is 3.42. The van der Waals surface area contributed by atoms with Gasteiger partial charge in [-0.15, -0.1) is 0 Å². The van der Waals surface area contributed by atoms with Gasteiger partial charge >= 0.3 is 0 Å². The summed E-state index contributed by atoms with van der Waals surface area (Å²) in [5.74, 6) is 0.163. The summed E-state index contributed by atoms with van der Waals surface area (Å²) in [5.41, 5.74) is 0.728. The fourth-order valence-electron chi connectivity index (χ4n) is 2.14. The van der Waals surface area contributed by atoms with Crippen LogP contribution < -0.4 is 5.32 Å². The zero-order valence-corrected chi connectivity index (χ0v) is 13.5. The minimum absolute atomic E-state index is 0.0209. The molecule has 1 aromatic rings. The number of methoxy groups -OCH3 is 1. The highest BCUT2D eigenvalue weighted by molar-refractivity contribution is 9.10. The van der Waals surface area contributed by atoms with Crippen LogP contribution in [0.5, 0.6) is 0 Å². The fraction of sp³-hybridized carbons (Fsp3) is 0.600. The number of hydrogen-bond donors (Lipinski definition) is 1. The van der Waals surface area contributed by atoms with Gasteiger partial charge in [-0.2, -0.15) is 0 Å². The van der Waals surface area contributed by atoms with E-state index in [-0.39, 0.29) is 11.9 Å². The van der Waals surface area contributed by atoms with Gasteiger partial charge in [0.15, 0.2) is 0 Å².